The number of fused-ring (bicyclic) bond motifs is 1. The summed E-state index contributed by atoms with van der Waals surface area (Å²) in [5.74, 6) is 0.785. The number of para-hydroxylation sites is 1. The van der Waals surface area contributed by atoms with Gasteiger partial charge in [-0.25, -0.2) is 4.98 Å². The van der Waals surface area contributed by atoms with Gasteiger partial charge in [0.1, 0.15) is 11.4 Å². The Balaban J connectivity index is 1.29. The summed E-state index contributed by atoms with van der Waals surface area (Å²) in [6.45, 7) is 1.06. The minimum Gasteiger partial charge on any atom is -0.496 e. The first kappa shape index (κ1) is 19.7. The third-order valence-corrected chi connectivity index (χ3v) is 6.91. The number of H-pyrrole nitrogens is 1. The Morgan fingerprint density at radius 1 is 1.29 bits per heavy atom. The summed E-state index contributed by atoms with van der Waals surface area (Å²) in [6.07, 6.45) is 3.71. The second-order valence-corrected chi connectivity index (χ2v) is 8.93. The van der Waals surface area contributed by atoms with E-state index in [1.165, 1.54) is 11.3 Å². The molecule has 160 valence electrons. The minimum absolute atomic E-state index is 0.0617. The SMILES string of the molecule is COc1ccccc1-c1cc(C(=O)N2CCc3nc(NC(=O)C4CCC4)sc3C2)[nH]n1. The standard InChI is InChI=1S/C22H23N5O3S/c1-30-18-8-3-2-7-14(18)16-11-17(26-25-16)21(29)27-10-9-15-19(12-27)31-22(23-15)24-20(28)13-5-4-6-13/h2-3,7-8,11,13H,4-6,9-10,12H2,1H3,(H,25,26)(H,23,24,28). The van der Waals surface area contributed by atoms with E-state index in [1.54, 1.807) is 18.1 Å². The lowest BCUT2D eigenvalue weighted by Crippen LogP contribution is -2.35. The lowest BCUT2D eigenvalue weighted by Gasteiger charge is -2.25. The van der Waals surface area contributed by atoms with Crippen LogP contribution in [0.2, 0.25) is 0 Å². The first-order valence-corrected chi connectivity index (χ1v) is 11.2. The van der Waals surface area contributed by atoms with E-state index < -0.39 is 0 Å². The van der Waals surface area contributed by atoms with Crippen molar-refractivity contribution in [2.75, 3.05) is 19.0 Å². The van der Waals surface area contributed by atoms with Gasteiger partial charge < -0.3 is 15.0 Å². The molecule has 0 saturated heterocycles. The van der Waals surface area contributed by atoms with E-state index in [1.807, 2.05) is 24.3 Å². The molecule has 0 unspecified atom stereocenters. The van der Waals surface area contributed by atoms with Gasteiger partial charge in [-0.2, -0.15) is 5.10 Å². The molecule has 8 nitrogen and oxygen atoms in total. The van der Waals surface area contributed by atoms with Gasteiger partial charge in [-0.15, -0.1) is 0 Å². The van der Waals surface area contributed by atoms with E-state index in [2.05, 4.69) is 20.5 Å². The Labute approximate surface area is 183 Å². The number of benzene rings is 1. The van der Waals surface area contributed by atoms with E-state index in [-0.39, 0.29) is 17.7 Å². The van der Waals surface area contributed by atoms with Gasteiger partial charge in [0.2, 0.25) is 5.91 Å². The number of carbonyl (C=O) groups excluding carboxylic acids is 2. The number of methoxy groups -OCH3 is 1. The lowest BCUT2D eigenvalue weighted by atomic mass is 9.85. The van der Waals surface area contributed by atoms with Crippen LogP contribution in [0.15, 0.2) is 30.3 Å². The number of hydrogen-bond acceptors (Lipinski definition) is 6. The van der Waals surface area contributed by atoms with Crippen molar-refractivity contribution in [3.05, 3.63) is 46.6 Å². The summed E-state index contributed by atoms with van der Waals surface area (Å²) in [4.78, 5) is 32.7. The summed E-state index contributed by atoms with van der Waals surface area (Å²) in [5, 5.41) is 10.8. The molecule has 31 heavy (non-hydrogen) atoms. The molecule has 3 heterocycles. The van der Waals surface area contributed by atoms with Crippen LogP contribution < -0.4 is 10.1 Å². The molecule has 2 aliphatic rings. The smallest absolute Gasteiger partial charge is 0.272 e. The van der Waals surface area contributed by atoms with Crippen molar-refractivity contribution >= 4 is 28.3 Å². The highest BCUT2D eigenvalue weighted by atomic mass is 32.1. The Bertz CT molecular complexity index is 1130. The molecule has 0 spiro atoms. The zero-order valence-corrected chi connectivity index (χ0v) is 18.0. The van der Waals surface area contributed by atoms with Gasteiger partial charge in [-0.3, -0.25) is 14.7 Å². The van der Waals surface area contributed by atoms with Crippen molar-refractivity contribution in [2.24, 2.45) is 5.92 Å². The van der Waals surface area contributed by atoms with Crippen LogP contribution >= 0.6 is 11.3 Å². The molecule has 3 aromatic rings. The number of anilines is 1. The zero-order chi connectivity index (χ0) is 21.4. The van der Waals surface area contributed by atoms with Gasteiger partial charge in [0.05, 0.1) is 25.0 Å². The number of nitrogens with zero attached hydrogens (tertiary/aromatic N) is 3. The number of hydrogen-bond donors (Lipinski definition) is 2. The Morgan fingerprint density at radius 2 is 2.13 bits per heavy atom. The maximum absolute atomic E-state index is 13.1. The number of thiazole rings is 1. The van der Waals surface area contributed by atoms with Crippen molar-refractivity contribution in [1.82, 2.24) is 20.1 Å². The van der Waals surface area contributed by atoms with Crippen molar-refractivity contribution < 1.29 is 14.3 Å². The first-order chi connectivity index (χ1) is 15.1. The van der Waals surface area contributed by atoms with E-state index in [4.69, 9.17) is 4.74 Å². The van der Waals surface area contributed by atoms with E-state index in [0.717, 1.165) is 35.4 Å². The molecule has 2 amide bonds. The van der Waals surface area contributed by atoms with Crippen molar-refractivity contribution in [3.63, 3.8) is 0 Å². The third kappa shape index (κ3) is 3.81. The van der Waals surface area contributed by atoms with Crippen LogP contribution in [-0.2, 0) is 17.8 Å². The fourth-order valence-corrected chi connectivity index (χ4v) is 4.92. The lowest BCUT2D eigenvalue weighted by molar-refractivity contribution is -0.122. The number of ether oxygens (including phenoxy) is 1. The Hall–Kier alpha value is -3.20. The summed E-state index contributed by atoms with van der Waals surface area (Å²) in [6, 6.07) is 9.33. The molecule has 5 rings (SSSR count). The molecule has 1 aliphatic heterocycles. The van der Waals surface area contributed by atoms with Crippen LogP contribution in [-0.4, -0.2) is 45.6 Å². The number of amides is 2. The fourth-order valence-electron chi connectivity index (χ4n) is 3.90. The summed E-state index contributed by atoms with van der Waals surface area (Å²) >= 11 is 1.46. The maximum atomic E-state index is 13.1. The highest BCUT2D eigenvalue weighted by Crippen LogP contribution is 2.32. The number of carbonyl (C=O) groups is 2. The number of rotatable bonds is 5. The van der Waals surface area contributed by atoms with Gasteiger partial charge >= 0.3 is 0 Å². The monoisotopic (exact) mass is 437 g/mol. The minimum atomic E-state index is -0.104. The van der Waals surface area contributed by atoms with Gasteiger partial charge in [-0.1, -0.05) is 29.9 Å². The highest BCUT2D eigenvalue weighted by Gasteiger charge is 2.29. The molecule has 0 bridgehead atoms. The zero-order valence-electron chi connectivity index (χ0n) is 17.2. The van der Waals surface area contributed by atoms with Crippen molar-refractivity contribution in [2.45, 2.75) is 32.2 Å². The molecule has 0 radical (unpaired) electrons. The van der Waals surface area contributed by atoms with E-state index in [0.29, 0.717) is 41.8 Å². The van der Waals surface area contributed by atoms with E-state index in [9.17, 15) is 9.59 Å². The quantitative estimate of drug-likeness (QED) is 0.637. The van der Waals surface area contributed by atoms with E-state index >= 15 is 0 Å². The molecule has 1 fully saturated rings. The first-order valence-electron chi connectivity index (χ1n) is 10.4. The predicted octanol–water partition coefficient (Wildman–Crippen LogP) is 3.48. The van der Waals surface area contributed by atoms with Crippen molar-refractivity contribution in [1.29, 1.82) is 0 Å². The molecule has 1 aliphatic carbocycles. The molecule has 2 N–H and O–H groups in total. The summed E-state index contributed by atoms with van der Waals surface area (Å²) in [5.41, 5.74) is 2.90. The Morgan fingerprint density at radius 3 is 2.90 bits per heavy atom. The molecule has 1 aromatic carbocycles. The van der Waals surface area contributed by atoms with Crippen LogP contribution in [0.4, 0.5) is 5.13 Å². The second kappa shape index (κ2) is 8.14. The number of aromatic amines is 1. The Kier molecular flexibility index (Phi) is 5.19. The normalized spacial score (nSPS) is 15.8. The van der Waals surface area contributed by atoms with Crippen LogP contribution in [0.1, 0.15) is 40.3 Å². The molecular formula is C22H23N5O3S. The number of aromatic nitrogens is 3. The fraction of sp³-hybridized carbons (Fsp3) is 0.364. The van der Waals surface area contributed by atoms with Gasteiger partial charge in [0.25, 0.3) is 5.91 Å². The van der Waals surface area contributed by atoms with Crippen LogP contribution in [0.3, 0.4) is 0 Å². The topological polar surface area (TPSA) is 100 Å². The van der Waals surface area contributed by atoms with Gasteiger partial charge in [-0.05, 0) is 31.0 Å². The second-order valence-electron chi connectivity index (χ2n) is 7.85. The molecule has 9 heteroatoms. The summed E-state index contributed by atoms with van der Waals surface area (Å²) < 4.78 is 5.40. The molecule has 1 saturated carbocycles. The highest BCUT2D eigenvalue weighted by molar-refractivity contribution is 7.15. The predicted molar refractivity (Wildman–Crippen MR) is 117 cm³/mol. The molecule has 2 aromatic heterocycles. The average molecular weight is 438 g/mol. The average Bonchev–Trinajstić information content (AvgIpc) is 3.38. The van der Waals surface area contributed by atoms with Crippen LogP contribution in [0.5, 0.6) is 5.75 Å². The summed E-state index contributed by atoms with van der Waals surface area (Å²) in [7, 11) is 1.61. The number of nitrogens with one attached hydrogen (secondary N) is 2. The molecule has 0 atom stereocenters. The van der Waals surface area contributed by atoms with Crippen LogP contribution in [0.25, 0.3) is 11.3 Å². The third-order valence-electron chi connectivity index (χ3n) is 5.92. The van der Waals surface area contributed by atoms with Crippen molar-refractivity contribution in [3.8, 4) is 17.0 Å². The van der Waals surface area contributed by atoms with Gasteiger partial charge in [0, 0.05) is 29.3 Å². The largest absolute Gasteiger partial charge is 0.496 e. The van der Waals surface area contributed by atoms with Crippen LogP contribution in [0, 0.1) is 5.92 Å². The molecular weight excluding hydrogens is 414 g/mol. The maximum Gasteiger partial charge on any atom is 0.272 e. The van der Waals surface area contributed by atoms with Gasteiger partial charge in [0.15, 0.2) is 5.13 Å².